The van der Waals surface area contributed by atoms with E-state index in [0.717, 1.165) is 63.9 Å². The summed E-state index contributed by atoms with van der Waals surface area (Å²) in [4.78, 5) is 35.6. The first-order valence-corrected chi connectivity index (χ1v) is 13.8. The lowest BCUT2D eigenvalue weighted by molar-refractivity contribution is -0.162. The molecule has 37 heavy (non-hydrogen) atoms. The van der Waals surface area contributed by atoms with Crippen molar-refractivity contribution < 1.29 is 14.7 Å². The number of amides is 2. The van der Waals surface area contributed by atoms with Gasteiger partial charge in [-0.15, -0.1) is 0 Å². The summed E-state index contributed by atoms with van der Waals surface area (Å²) in [6.07, 6.45) is 6.89. The third-order valence-electron chi connectivity index (χ3n) is 8.10. The summed E-state index contributed by atoms with van der Waals surface area (Å²) < 4.78 is 0. The molecule has 0 spiro atoms. The van der Waals surface area contributed by atoms with Crippen molar-refractivity contribution in [3.05, 3.63) is 58.7 Å². The van der Waals surface area contributed by atoms with Crippen LogP contribution in [0, 0.1) is 11.8 Å². The number of aliphatic hydroxyl groups is 1. The van der Waals surface area contributed by atoms with Gasteiger partial charge in [0.25, 0.3) is 11.8 Å². The first kappa shape index (κ1) is 27.4. The maximum atomic E-state index is 13.4. The molecule has 1 N–H and O–H groups in total. The fourth-order valence-corrected chi connectivity index (χ4v) is 5.74. The van der Waals surface area contributed by atoms with Crippen molar-refractivity contribution in [2.24, 2.45) is 11.8 Å². The van der Waals surface area contributed by atoms with Gasteiger partial charge in [-0.2, -0.15) is 0 Å². The Bertz CT molecular complexity index is 1080. The largest absolute Gasteiger partial charge is 0.375 e. The number of hydrogen-bond donors (Lipinski definition) is 1. The number of benzene rings is 1. The number of anilines is 1. The number of carbonyl (C=O) groups is 2. The first-order chi connectivity index (χ1) is 17.7. The molecule has 1 saturated heterocycles. The molecule has 1 saturated carbocycles. The summed E-state index contributed by atoms with van der Waals surface area (Å²) in [6, 6.07) is 13.1. The van der Waals surface area contributed by atoms with E-state index >= 15 is 0 Å². The second kappa shape index (κ2) is 11.8. The van der Waals surface area contributed by atoms with Gasteiger partial charge in [0.05, 0.1) is 5.56 Å². The van der Waals surface area contributed by atoms with Crippen LogP contribution in [0.5, 0.6) is 0 Å². The van der Waals surface area contributed by atoms with Gasteiger partial charge < -0.3 is 19.8 Å². The molecule has 4 rings (SSSR count). The molecule has 2 heterocycles. The van der Waals surface area contributed by atoms with E-state index in [4.69, 9.17) is 11.6 Å². The lowest BCUT2D eigenvalue weighted by Crippen LogP contribution is -2.52. The van der Waals surface area contributed by atoms with Gasteiger partial charge in [-0.05, 0) is 62.1 Å². The zero-order valence-corrected chi connectivity index (χ0v) is 23.0. The summed E-state index contributed by atoms with van der Waals surface area (Å²) in [5.41, 5.74) is -0.308. The maximum Gasteiger partial charge on any atom is 0.259 e. The molecule has 7 nitrogen and oxygen atoms in total. The number of hydrogen-bond acceptors (Lipinski definition) is 5. The van der Waals surface area contributed by atoms with Crippen molar-refractivity contribution in [2.45, 2.75) is 50.5 Å². The van der Waals surface area contributed by atoms with Crippen LogP contribution in [0.3, 0.4) is 0 Å². The molecular weight excluding hydrogens is 488 g/mol. The fraction of sp³-hybridized carbons (Fsp3) is 0.552. The Kier molecular flexibility index (Phi) is 8.75. The van der Waals surface area contributed by atoms with E-state index in [9.17, 15) is 14.7 Å². The van der Waals surface area contributed by atoms with Gasteiger partial charge in [-0.1, -0.05) is 48.4 Å². The quantitative estimate of drug-likeness (QED) is 0.484. The lowest BCUT2D eigenvalue weighted by Gasteiger charge is -2.42. The van der Waals surface area contributed by atoms with Gasteiger partial charge in [0.15, 0.2) is 5.60 Å². The second-order valence-corrected chi connectivity index (χ2v) is 11.1. The van der Waals surface area contributed by atoms with Crippen molar-refractivity contribution in [3.8, 4) is 0 Å². The van der Waals surface area contributed by atoms with Crippen molar-refractivity contribution in [1.82, 2.24) is 14.8 Å². The van der Waals surface area contributed by atoms with E-state index in [-0.39, 0.29) is 22.9 Å². The van der Waals surface area contributed by atoms with Gasteiger partial charge in [0.1, 0.15) is 11.0 Å². The van der Waals surface area contributed by atoms with Gasteiger partial charge in [-0.25, -0.2) is 4.98 Å². The molecule has 2 amide bonds. The number of pyridine rings is 1. The molecule has 8 heteroatoms. The van der Waals surface area contributed by atoms with E-state index < -0.39 is 5.60 Å². The summed E-state index contributed by atoms with van der Waals surface area (Å²) in [6.45, 7) is 2.41. The lowest BCUT2D eigenvalue weighted by atomic mass is 9.69. The highest BCUT2D eigenvalue weighted by Gasteiger charge is 2.48. The molecule has 1 aliphatic heterocycles. The second-order valence-electron chi connectivity index (χ2n) is 10.8. The minimum absolute atomic E-state index is 0.00800. The molecule has 0 radical (unpaired) electrons. The SMILES string of the molecule is CN(C)C(=O)c1ccc(N2CCC(CCCN(C)C(=O)[C@](O)(c3ccccc3)C3CCC3)CC2)nc1Cl. The van der Waals surface area contributed by atoms with Crippen LogP contribution in [0.15, 0.2) is 42.5 Å². The molecule has 0 unspecified atom stereocenters. The average Bonchev–Trinajstić information content (AvgIpc) is 2.87. The Labute approximate surface area is 225 Å². The number of halogens is 1. The number of nitrogens with zero attached hydrogens (tertiary/aromatic N) is 4. The normalized spacial score (nSPS) is 18.1. The topological polar surface area (TPSA) is 77.0 Å². The molecular formula is C29H39ClN4O3. The average molecular weight is 527 g/mol. The van der Waals surface area contributed by atoms with Crippen LogP contribution >= 0.6 is 11.6 Å². The molecule has 1 aromatic carbocycles. The van der Waals surface area contributed by atoms with E-state index in [0.29, 0.717) is 23.6 Å². The molecule has 2 aromatic rings. The Balaban J connectivity index is 1.26. The van der Waals surface area contributed by atoms with Crippen molar-refractivity contribution in [3.63, 3.8) is 0 Å². The third kappa shape index (κ3) is 5.93. The van der Waals surface area contributed by atoms with Crippen LogP contribution < -0.4 is 4.90 Å². The standard InChI is InChI=1S/C29H39ClN4O3/c1-32(2)27(35)24-14-15-25(31-26(24)30)34-19-16-21(17-20-34)9-8-18-33(3)28(36)29(37,23-12-7-13-23)22-10-5-4-6-11-22/h4-6,10-11,14-15,21,23,37H,7-9,12-13,16-20H2,1-3H3/t29-/m0/s1. The number of carbonyl (C=O) groups excluding carboxylic acids is 2. The predicted molar refractivity (Wildman–Crippen MR) is 147 cm³/mol. The first-order valence-electron chi connectivity index (χ1n) is 13.4. The Morgan fingerprint density at radius 3 is 2.30 bits per heavy atom. The molecule has 1 aromatic heterocycles. The van der Waals surface area contributed by atoms with Crippen LogP contribution in [0.1, 0.15) is 60.9 Å². The minimum atomic E-state index is -1.43. The van der Waals surface area contributed by atoms with E-state index in [2.05, 4.69) is 9.88 Å². The van der Waals surface area contributed by atoms with Crippen molar-refractivity contribution in [1.29, 1.82) is 0 Å². The van der Waals surface area contributed by atoms with Crippen LogP contribution in [0.25, 0.3) is 0 Å². The van der Waals surface area contributed by atoms with Crippen LogP contribution in [-0.2, 0) is 10.4 Å². The number of piperidine rings is 1. The summed E-state index contributed by atoms with van der Waals surface area (Å²) in [5.74, 6) is 1.05. The van der Waals surface area contributed by atoms with Gasteiger partial charge in [0.2, 0.25) is 0 Å². The summed E-state index contributed by atoms with van der Waals surface area (Å²) in [7, 11) is 5.21. The highest BCUT2D eigenvalue weighted by atomic mass is 35.5. The van der Waals surface area contributed by atoms with Gasteiger partial charge in [-0.3, -0.25) is 9.59 Å². The number of rotatable bonds is 9. The number of aromatic nitrogens is 1. The van der Waals surface area contributed by atoms with Crippen LogP contribution in [0.2, 0.25) is 5.15 Å². The third-order valence-corrected chi connectivity index (χ3v) is 8.39. The highest BCUT2D eigenvalue weighted by molar-refractivity contribution is 6.32. The van der Waals surface area contributed by atoms with Crippen molar-refractivity contribution in [2.75, 3.05) is 45.7 Å². The smallest absolute Gasteiger partial charge is 0.259 e. The molecule has 1 atom stereocenters. The molecule has 0 bridgehead atoms. The Hall–Kier alpha value is -2.64. The Morgan fingerprint density at radius 2 is 1.73 bits per heavy atom. The van der Waals surface area contributed by atoms with Crippen molar-refractivity contribution >= 4 is 29.2 Å². The maximum absolute atomic E-state index is 13.4. The van der Waals surface area contributed by atoms with Crippen LogP contribution in [0.4, 0.5) is 5.82 Å². The van der Waals surface area contributed by atoms with E-state index in [1.165, 1.54) is 4.90 Å². The van der Waals surface area contributed by atoms with Gasteiger partial charge >= 0.3 is 0 Å². The van der Waals surface area contributed by atoms with E-state index in [1.54, 1.807) is 25.1 Å². The van der Waals surface area contributed by atoms with Crippen LogP contribution in [-0.4, -0.2) is 72.5 Å². The predicted octanol–water partition coefficient (Wildman–Crippen LogP) is 4.58. The number of likely N-dealkylation sites (N-methyl/N-ethyl adjacent to an activating group) is 1. The zero-order chi connectivity index (χ0) is 26.6. The summed E-state index contributed by atoms with van der Waals surface area (Å²) in [5, 5.41) is 11.8. The Morgan fingerprint density at radius 1 is 1.05 bits per heavy atom. The van der Waals surface area contributed by atoms with Gasteiger partial charge in [0, 0.05) is 46.7 Å². The molecule has 2 aliphatic rings. The molecule has 2 fully saturated rings. The molecule has 200 valence electrons. The van der Waals surface area contributed by atoms with E-state index in [1.807, 2.05) is 43.4 Å². The monoisotopic (exact) mass is 526 g/mol. The zero-order valence-electron chi connectivity index (χ0n) is 22.2. The summed E-state index contributed by atoms with van der Waals surface area (Å²) >= 11 is 6.31. The molecule has 1 aliphatic carbocycles. The fourth-order valence-electron chi connectivity index (χ4n) is 5.51. The highest BCUT2D eigenvalue weighted by Crippen LogP contribution is 2.43. The minimum Gasteiger partial charge on any atom is -0.375 e.